The van der Waals surface area contributed by atoms with E-state index in [1.807, 2.05) is 34.9 Å². The Kier molecular flexibility index (Phi) is 3.65. The average Bonchev–Trinajstić information content (AvgIpc) is 3.03. The lowest BCUT2D eigenvalue weighted by Crippen LogP contribution is -2.36. The van der Waals surface area contributed by atoms with Crippen molar-refractivity contribution in [3.63, 3.8) is 0 Å². The van der Waals surface area contributed by atoms with Crippen LogP contribution in [0.1, 0.15) is 38.3 Å². The fourth-order valence-corrected chi connectivity index (χ4v) is 4.55. The third kappa shape index (κ3) is 2.73. The molecule has 0 fully saturated rings. The molecule has 0 radical (unpaired) electrons. The van der Waals surface area contributed by atoms with E-state index < -0.39 is 11.0 Å². The van der Waals surface area contributed by atoms with E-state index in [2.05, 4.69) is 19.2 Å². The number of nitro benzene ring substituents is 1. The highest BCUT2D eigenvalue weighted by Crippen LogP contribution is 2.47. The molecule has 1 aromatic heterocycles. The number of anilines is 1. The number of hydrogen-bond donors (Lipinski definition) is 1. The van der Waals surface area contributed by atoms with Crippen LogP contribution in [0.25, 0.3) is 11.0 Å². The Hall–Kier alpha value is -3.48. The number of nitrogens with one attached hydrogen (secondary N) is 1. The summed E-state index contributed by atoms with van der Waals surface area (Å²) in [6.07, 6.45) is 1.17. The van der Waals surface area contributed by atoms with Crippen molar-refractivity contribution in [2.75, 3.05) is 5.32 Å². The van der Waals surface area contributed by atoms with Gasteiger partial charge in [0.25, 0.3) is 5.69 Å². The Morgan fingerprint density at radius 3 is 2.76 bits per heavy atom. The van der Waals surface area contributed by atoms with Gasteiger partial charge in [-0.15, -0.1) is 0 Å². The number of carbonyl (C=O) groups is 1. The van der Waals surface area contributed by atoms with Gasteiger partial charge in [-0.3, -0.25) is 19.5 Å². The topological polar surface area (TPSA) is 90.1 Å². The van der Waals surface area contributed by atoms with Crippen molar-refractivity contribution >= 4 is 28.5 Å². The van der Waals surface area contributed by atoms with Gasteiger partial charge < -0.3 is 5.32 Å². The lowest BCUT2D eigenvalue weighted by atomic mass is 9.73. The van der Waals surface area contributed by atoms with Crippen LogP contribution < -0.4 is 5.32 Å². The van der Waals surface area contributed by atoms with Gasteiger partial charge in [0.05, 0.1) is 22.0 Å². The molecular weight excluding hydrogens is 368 g/mol. The minimum atomic E-state index is -0.447. The predicted molar refractivity (Wildman–Crippen MR) is 110 cm³/mol. The molecule has 5 rings (SSSR count). The number of ketones is 1. The predicted octanol–water partition coefficient (Wildman–Crippen LogP) is 4.60. The van der Waals surface area contributed by atoms with Crippen molar-refractivity contribution < 1.29 is 9.72 Å². The van der Waals surface area contributed by atoms with Crippen LogP contribution in [-0.4, -0.2) is 20.3 Å². The molecule has 0 unspecified atom stereocenters. The zero-order valence-electron chi connectivity index (χ0n) is 16.2. The molecule has 1 atom stereocenters. The summed E-state index contributed by atoms with van der Waals surface area (Å²) in [4.78, 5) is 28.9. The first-order valence-electron chi connectivity index (χ1n) is 9.59. The number of nitrogens with zero attached hydrogens (tertiary/aromatic N) is 3. The number of rotatable bonds is 2. The van der Waals surface area contributed by atoms with Gasteiger partial charge in [0.2, 0.25) is 5.95 Å². The molecule has 1 aliphatic heterocycles. The van der Waals surface area contributed by atoms with Crippen LogP contribution in [0, 0.1) is 15.5 Å². The number of Topliss-reactive ketones (excluding diaryl/α,β-unsaturated/α-hetero) is 1. The number of fused-ring (bicyclic) bond motifs is 3. The largest absolute Gasteiger partial charge is 0.329 e. The summed E-state index contributed by atoms with van der Waals surface area (Å²) in [5.74, 6) is 0.732. The maximum Gasteiger partial charge on any atom is 0.269 e. The maximum atomic E-state index is 13.2. The van der Waals surface area contributed by atoms with Crippen molar-refractivity contribution in [1.29, 1.82) is 0 Å². The zero-order valence-corrected chi connectivity index (χ0v) is 16.2. The number of imidazole rings is 1. The lowest BCUT2D eigenvalue weighted by molar-refractivity contribution is -0.384. The van der Waals surface area contributed by atoms with Crippen molar-refractivity contribution in [1.82, 2.24) is 9.55 Å². The molecule has 2 aromatic carbocycles. The fourth-order valence-electron chi connectivity index (χ4n) is 4.55. The SMILES string of the molecule is CC1(C)CC(=O)C2=C(C1)Nc1nc3ccccc3n1[C@H]2c1cccc([N+](=O)[O-])c1. The number of non-ortho nitro benzene ring substituents is 1. The Morgan fingerprint density at radius 2 is 1.97 bits per heavy atom. The number of allylic oxidation sites excluding steroid dienone is 2. The molecule has 0 amide bonds. The molecule has 146 valence electrons. The molecule has 0 saturated carbocycles. The first kappa shape index (κ1) is 17.6. The summed E-state index contributed by atoms with van der Waals surface area (Å²) in [6.45, 7) is 4.16. The monoisotopic (exact) mass is 388 g/mol. The first-order valence-corrected chi connectivity index (χ1v) is 9.59. The maximum absolute atomic E-state index is 13.2. The molecule has 2 heterocycles. The van der Waals surface area contributed by atoms with Crippen LogP contribution >= 0.6 is 0 Å². The standard InChI is InChI=1S/C22H20N4O3/c1-22(2)11-16-19(18(27)12-22)20(13-6-5-7-14(10-13)26(28)29)25-17-9-4-3-8-15(17)23-21(25)24-16/h3-10,20H,11-12H2,1-2H3,(H,23,24)/t20-/m0/s1. The van der Waals surface area contributed by atoms with Crippen molar-refractivity contribution in [3.8, 4) is 0 Å². The second-order valence-electron chi connectivity index (χ2n) is 8.51. The normalized spacial score (nSPS) is 20.2. The molecule has 3 aromatic rings. The summed E-state index contributed by atoms with van der Waals surface area (Å²) in [6, 6.07) is 13.8. The molecule has 0 saturated heterocycles. The first-order chi connectivity index (χ1) is 13.8. The second kappa shape index (κ2) is 6.01. The number of hydrogen-bond acceptors (Lipinski definition) is 5. The van der Waals surface area contributed by atoms with E-state index in [9.17, 15) is 14.9 Å². The number of nitro groups is 1. The number of benzene rings is 2. The van der Waals surface area contributed by atoms with E-state index >= 15 is 0 Å². The van der Waals surface area contributed by atoms with Gasteiger partial charge >= 0.3 is 0 Å². The van der Waals surface area contributed by atoms with Crippen molar-refractivity contribution in [2.24, 2.45) is 5.41 Å². The summed E-state index contributed by atoms with van der Waals surface area (Å²) in [5.41, 5.74) is 3.83. The number of para-hydroxylation sites is 2. The average molecular weight is 388 g/mol. The van der Waals surface area contributed by atoms with E-state index in [0.717, 1.165) is 23.2 Å². The van der Waals surface area contributed by atoms with Gasteiger partial charge in [-0.1, -0.05) is 38.1 Å². The van der Waals surface area contributed by atoms with Gasteiger partial charge in [0.1, 0.15) is 0 Å². The minimum absolute atomic E-state index is 0.0118. The molecule has 2 aliphatic rings. The molecule has 7 nitrogen and oxygen atoms in total. The van der Waals surface area contributed by atoms with Crippen LogP contribution in [0.3, 0.4) is 0 Å². The quantitative estimate of drug-likeness (QED) is 0.512. The summed E-state index contributed by atoms with van der Waals surface area (Å²) < 4.78 is 1.99. The Morgan fingerprint density at radius 1 is 1.17 bits per heavy atom. The highest BCUT2D eigenvalue weighted by molar-refractivity contribution is 6.01. The van der Waals surface area contributed by atoms with Crippen LogP contribution in [0.5, 0.6) is 0 Å². The lowest BCUT2D eigenvalue weighted by Gasteiger charge is -2.39. The second-order valence-corrected chi connectivity index (χ2v) is 8.51. The molecule has 1 N–H and O–H groups in total. The third-order valence-electron chi connectivity index (χ3n) is 5.71. The fraction of sp³-hybridized carbons (Fsp3) is 0.273. The van der Waals surface area contributed by atoms with Crippen molar-refractivity contribution in [2.45, 2.75) is 32.7 Å². The number of aromatic nitrogens is 2. The van der Waals surface area contributed by atoms with Gasteiger partial charge in [-0.05, 0) is 29.5 Å². The van der Waals surface area contributed by atoms with Crippen molar-refractivity contribution in [3.05, 3.63) is 75.5 Å². The highest BCUT2D eigenvalue weighted by Gasteiger charge is 2.41. The Bertz CT molecular complexity index is 1220. The highest BCUT2D eigenvalue weighted by atomic mass is 16.6. The number of carbonyl (C=O) groups excluding carboxylic acids is 1. The van der Waals surface area contributed by atoms with E-state index in [0.29, 0.717) is 23.5 Å². The van der Waals surface area contributed by atoms with Gasteiger partial charge in [0.15, 0.2) is 5.78 Å². The molecule has 1 aliphatic carbocycles. The van der Waals surface area contributed by atoms with E-state index in [1.165, 1.54) is 6.07 Å². The van der Waals surface area contributed by atoms with Crippen LogP contribution in [0.2, 0.25) is 0 Å². The van der Waals surface area contributed by atoms with E-state index in [1.54, 1.807) is 12.1 Å². The van der Waals surface area contributed by atoms with E-state index in [-0.39, 0.29) is 16.9 Å². The van der Waals surface area contributed by atoms with Crippen LogP contribution in [0.4, 0.5) is 11.6 Å². The van der Waals surface area contributed by atoms with Gasteiger partial charge in [-0.2, -0.15) is 0 Å². The molecular formula is C22H20N4O3. The Balaban J connectivity index is 1.79. The minimum Gasteiger partial charge on any atom is -0.329 e. The summed E-state index contributed by atoms with van der Waals surface area (Å²) >= 11 is 0. The third-order valence-corrected chi connectivity index (χ3v) is 5.71. The Labute approximate surface area is 167 Å². The molecule has 29 heavy (non-hydrogen) atoms. The van der Waals surface area contributed by atoms with Gasteiger partial charge in [0, 0.05) is 29.8 Å². The summed E-state index contributed by atoms with van der Waals surface area (Å²) in [7, 11) is 0. The zero-order chi connectivity index (χ0) is 20.3. The van der Waals surface area contributed by atoms with E-state index in [4.69, 9.17) is 4.98 Å². The van der Waals surface area contributed by atoms with Gasteiger partial charge in [-0.25, -0.2) is 4.98 Å². The molecule has 7 heteroatoms. The summed E-state index contributed by atoms with van der Waals surface area (Å²) in [5, 5.41) is 14.8. The van der Waals surface area contributed by atoms with Crippen LogP contribution in [-0.2, 0) is 4.79 Å². The molecule has 0 spiro atoms. The molecule has 0 bridgehead atoms. The van der Waals surface area contributed by atoms with Crippen LogP contribution in [0.15, 0.2) is 59.8 Å². The smallest absolute Gasteiger partial charge is 0.269 e.